The van der Waals surface area contributed by atoms with Crippen LogP contribution in [0.15, 0.2) is 36.7 Å². The van der Waals surface area contributed by atoms with Crippen LogP contribution in [-0.4, -0.2) is 57.8 Å². The lowest BCUT2D eigenvalue weighted by atomic mass is 10.2. The predicted molar refractivity (Wildman–Crippen MR) is 94.6 cm³/mol. The van der Waals surface area contributed by atoms with Crippen molar-refractivity contribution in [3.8, 4) is 6.07 Å². The molecule has 8 nitrogen and oxygen atoms in total. The molecule has 1 aliphatic rings. The number of nitrogens with one attached hydrogen (secondary N) is 1. The first-order valence-corrected chi connectivity index (χ1v) is 8.21. The fourth-order valence-electron chi connectivity index (χ4n) is 2.70. The second kappa shape index (κ2) is 7.61. The number of aromatic nitrogens is 2. The van der Waals surface area contributed by atoms with E-state index in [9.17, 15) is 9.59 Å². The van der Waals surface area contributed by atoms with Gasteiger partial charge >= 0.3 is 0 Å². The summed E-state index contributed by atoms with van der Waals surface area (Å²) in [5.41, 5.74) is 1.52. The Labute approximate surface area is 151 Å². The molecule has 0 radical (unpaired) electrons. The first-order chi connectivity index (χ1) is 12.6. The summed E-state index contributed by atoms with van der Waals surface area (Å²) in [5, 5.41) is 12.0. The normalized spacial score (nSPS) is 13.8. The zero-order valence-electron chi connectivity index (χ0n) is 14.3. The molecule has 2 aromatic rings. The van der Waals surface area contributed by atoms with Gasteiger partial charge in [-0.1, -0.05) is 6.07 Å². The minimum absolute atomic E-state index is 0.0211. The van der Waals surface area contributed by atoms with Gasteiger partial charge in [0.05, 0.1) is 24.0 Å². The Morgan fingerprint density at radius 1 is 1.12 bits per heavy atom. The highest BCUT2D eigenvalue weighted by Crippen LogP contribution is 2.15. The van der Waals surface area contributed by atoms with E-state index in [1.165, 1.54) is 19.3 Å². The van der Waals surface area contributed by atoms with Gasteiger partial charge in [-0.15, -0.1) is 0 Å². The molecule has 2 heterocycles. The van der Waals surface area contributed by atoms with Gasteiger partial charge in [0.15, 0.2) is 0 Å². The maximum atomic E-state index is 12.5. The van der Waals surface area contributed by atoms with Crippen LogP contribution in [0.1, 0.15) is 23.0 Å². The number of hydrogen-bond acceptors (Lipinski definition) is 6. The Bertz CT molecular complexity index is 851. The minimum atomic E-state index is -0.196. The van der Waals surface area contributed by atoms with Crippen LogP contribution in [-0.2, 0) is 4.79 Å². The van der Waals surface area contributed by atoms with Crippen LogP contribution in [0.2, 0.25) is 0 Å². The summed E-state index contributed by atoms with van der Waals surface area (Å²) >= 11 is 0. The third-order valence-corrected chi connectivity index (χ3v) is 4.15. The summed E-state index contributed by atoms with van der Waals surface area (Å²) in [4.78, 5) is 35.6. The average molecular weight is 350 g/mol. The van der Waals surface area contributed by atoms with Gasteiger partial charge in [0.1, 0.15) is 11.5 Å². The third kappa shape index (κ3) is 3.95. The van der Waals surface area contributed by atoms with Crippen molar-refractivity contribution in [2.75, 3.05) is 31.5 Å². The zero-order valence-corrected chi connectivity index (χ0v) is 14.3. The molecule has 3 rings (SSSR count). The second-order valence-corrected chi connectivity index (χ2v) is 5.90. The van der Waals surface area contributed by atoms with Crippen molar-refractivity contribution < 1.29 is 9.59 Å². The molecule has 1 fully saturated rings. The van der Waals surface area contributed by atoms with E-state index in [0.717, 1.165) is 5.69 Å². The molecule has 0 atom stereocenters. The van der Waals surface area contributed by atoms with Crippen molar-refractivity contribution in [1.29, 1.82) is 5.26 Å². The Morgan fingerprint density at radius 2 is 1.85 bits per heavy atom. The SMILES string of the molecule is CC(=O)N1CCN(C(=O)c2cnc(Nc3cccc(C#N)c3)cn2)CC1. The van der Waals surface area contributed by atoms with Crippen LogP contribution in [0, 0.1) is 11.3 Å². The Balaban J connectivity index is 1.63. The van der Waals surface area contributed by atoms with Gasteiger partial charge < -0.3 is 15.1 Å². The topological polar surface area (TPSA) is 102 Å². The molecule has 132 valence electrons. The van der Waals surface area contributed by atoms with Crippen molar-refractivity contribution in [2.24, 2.45) is 0 Å². The van der Waals surface area contributed by atoms with Crippen LogP contribution >= 0.6 is 0 Å². The number of carbonyl (C=O) groups excluding carboxylic acids is 2. The molecule has 1 aromatic carbocycles. The van der Waals surface area contributed by atoms with Crippen molar-refractivity contribution in [3.63, 3.8) is 0 Å². The molecule has 1 N–H and O–H groups in total. The van der Waals surface area contributed by atoms with E-state index in [1.54, 1.807) is 28.0 Å². The van der Waals surface area contributed by atoms with Gasteiger partial charge in [0, 0.05) is 38.8 Å². The van der Waals surface area contributed by atoms with Gasteiger partial charge in [0.25, 0.3) is 5.91 Å². The van der Waals surface area contributed by atoms with Gasteiger partial charge in [-0.3, -0.25) is 9.59 Å². The average Bonchev–Trinajstić information content (AvgIpc) is 2.68. The van der Waals surface area contributed by atoms with Gasteiger partial charge in [-0.2, -0.15) is 5.26 Å². The second-order valence-electron chi connectivity index (χ2n) is 5.90. The van der Waals surface area contributed by atoms with E-state index in [1.807, 2.05) is 6.07 Å². The van der Waals surface area contributed by atoms with Crippen molar-refractivity contribution in [1.82, 2.24) is 19.8 Å². The van der Waals surface area contributed by atoms with Crippen molar-refractivity contribution in [2.45, 2.75) is 6.92 Å². The van der Waals surface area contributed by atoms with Crippen molar-refractivity contribution in [3.05, 3.63) is 47.9 Å². The Morgan fingerprint density at radius 3 is 2.46 bits per heavy atom. The molecule has 8 heteroatoms. The largest absolute Gasteiger partial charge is 0.339 e. The molecule has 0 unspecified atom stereocenters. The molecule has 1 saturated heterocycles. The number of piperazine rings is 1. The van der Waals surface area contributed by atoms with Crippen LogP contribution in [0.25, 0.3) is 0 Å². The maximum Gasteiger partial charge on any atom is 0.274 e. The highest BCUT2D eigenvalue weighted by Gasteiger charge is 2.24. The molecule has 26 heavy (non-hydrogen) atoms. The third-order valence-electron chi connectivity index (χ3n) is 4.15. The molecule has 2 amide bonds. The van der Waals surface area contributed by atoms with Gasteiger partial charge in [-0.25, -0.2) is 9.97 Å². The van der Waals surface area contributed by atoms with Gasteiger partial charge in [-0.05, 0) is 18.2 Å². The molecule has 0 saturated carbocycles. The van der Waals surface area contributed by atoms with E-state index in [0.29, 0.717) is 37.6 Å². The summed E-state index contributed by atoms with van der Waals surface area (Å²) in [5.74, 6) is 0.310. The first kappa shape index (κ1) is 17.4. The van der Waals surface area contributed by atoms with Crippen LogP contribution in [0.5, 0.6) is 0 Å². The number of carbonyl (C=O) groups is 2. The van der Waals surface area contributed by atoms with E-state index in [4.69, 9.17) is 5.26 Å². The summed E-state index contributed by atoms with van der Waals surface area (Å²) in [6.45, 7) is 3.57. The molecular formula is C18H18N6O2. The maximum absolute atomic E-state index is 12.5. The van der Waals surface area contributed by atoms with Crippen molar-refractivity contribution >= 4 is 23.3 Å². The molecule has 0 bridgehead atoms. The van der Waals surface area contributed by atoms with Gasteiger partial charge in [0.2, 0.25) is 5.91 Å². The van der Waals surface area contributed by atoms with E-state index < -0.39 is 0 Å². The van der Waals surface area contributed by atoms with Crippen LogP contribution in [0.4, 0.5) is 11.5 Å². The number of amides is 2. The lowest BCUT2D eigenvalue weighted by Gasteiger charge is -2.33. The number of hydrogen-bond donors (Lipinski definition) is 1. The summed E-state index contributed by atoms with van der Waals surface area (Å²) in [6.07, 6.45) is 2.91. The number of nitrogens with zero attached hydrogens (tertiary/aromatic N) is 5. The monoisotopic (exact) mass is 350 g/mol. The fraction of sp³-hybridized carbons (Fsp3) is 0.278. The molecule has 1 aliphatic heterocycles. The lowest BCUT2D eigenvalue weighted by molar-refractivity contribution is -0.130. The predicted octanol–water partition coefficient (Wildman–Crippen LogP) is 1.40. The summed E-state index contributed by atoms with van der Waals surface area (Å²) < 4.78 is 0. The Kier molecular flexibility index (Phi) is 5.08. The Hall–Kier alpha value is -3.47. The molecular weight excluding hydrogens is 332 g/mol. The van der Waals surface area contributed by atoms with E-state index >= 15 is 0 Å². The smallest absolute Gasteiger partial charge is 0.274 e. The first-order valence-electron chi connectivity index (χ1n) is 8.21. The van der Waals surface area contributed by atoms with Crippen LogP contribution < -0.4 is 5.32 Å². The van der Waals surface area contributed by atoms with Crippen LogP contribution in [0.3, 0.4) is 0 Å². The number of benzene rings is 1. The summed E-state index contributed by atoms with van der Waals surface area (Å²) in [7, 11) is 0. The minimum Gasteiger partial charge on any atom is -0.339 e. The molecule has 1 aromatic heterocycles. The molecule has 0 spiro atoms. The lowest BCUT2D eigenvalue weighted by Crippen LogP contribution is -2.50. The fourth-order valence-corrected chi connectivity index (χ4v) is 2.70. The van der Waals surface area contributed by atoms with E-state index in [2.05, 4.69) is 21.4 Å². The van der Waals surface area contributed by atoms with E-state index in [-0.39, 0.29) is 17.5 Å². The molecule has 0 aliphatic carbocycles. The standard InChI is InChI=1S/C18H18N6O2/c1-13(25)23-5-7-24(8-6-23)18(26)16-11-21-17(12-20-16)22-15-4-2-3-14(9-15)10-19/h2-4,9,11-12H,5-8H2,1H3,(H,21,22). The quantitative estimate of drug-likeness (QED) is 0.897. The highest BCUT2D eigenvalue weighted by molar-refractivity contribution is 5.92. The number of nitriles is 1. The highest BCUT2D eigenvalue weighted by atomic mass is 16.2. The summed E-state index contributed by atoms with van der Waals surface area (Å²) in [6, 6.07) is 9.08. The number of anilines is 2. The zero-order chi connectivity index (χ0) is 18.5. The number of rotatable bonds is 3.